The lowest BCUT2D eigenvalue weighted by molar-refractivity contribution is -0.144. The molecule has 9 heteroatoms. The zero-order chi connectivity index (χ0) is 15.6. The van der Waals surface area contributed by atoms with Crippen LogP contribution in [0.5, 0.6) is 5.75 Å². The van der Waals surface area contributed by atoms with E-state index in [2.05, 4.69) is 31.2 Å². The molecule has 5 nitrogen and oxygen atoms in total. The summed E-state index contributed by atoms with van der Waals surface area (Å²) in [7, 11) is 1.48. The Labute approximate surface area is 126 Å². The molecule has 0 spiro atoms. The monoisotopic (exact) mass is 362 g/mol. The minimum atomic E-state index is -4.67. The molecule has 0 radical (unpaired) electrons. The van der Waals surface area contributed by atoms with Crippen molar-refractivity contribution in [3.63, 3.8) is 0 Å². The molecule has 0 saturated carbocycles. The predicted octanol–water partition coefficient (Wildman–Crippen LogP) is 3.59. The number of alkyl halides is 3. The largest absolute Gasteiger partial charge is 0.497 e. The molecule has 0 atom stereocenters. The van der Waals surface area contributed by atoms with Gasteiger partial charge in [-0.15, -0.1) is 0 Å². The quantitative estimate of drug-likeness (QED) is 0.872. The summed E-state index contributed by atoms with van der Waals surface area (Å²) in [5.41, 5.74) is 5.86. The van der Waals surface area contributed by atoms with Crippen molar-refractivity contribution in [3.8, 4) is 5.75 Å². The Hall–Kier alpha value is -2.03. The van der Waals surface area contributed by atoms with Crippen LogP contribution in [0.25, 0.3) is 0 Å². The number of anilines is 3. The average molecular weight is 363 g/mol. The van der Waals surface area contributed by atoms with Crippen LogP contribution in [-0.4, -0.2) is 17.1 Å². The second-order valence-corrected chi connectivity index (χ2v) is 4.92. The van der Waals surface area contributed by atoms with E-state index in [-0.39, 0.29) is 11.6 Å². The lowest BCUT2D eigenvalue weighted by Crippen LogP contribution is -2.13. The number of ether oxygens (including phenoxy) is 1. The van der Waals surface area contributed by atoms with Gasteiger partial charge in [-0.3, -0.25) is 0 Å². The summed E-state index contributed by atoms with van der Waals surface area (Å²) < 4.78 is 43.7. The van der Waals surface area contributed by atoms with Gasteiger partial charge in [0.05, 0.1) is 7.11 Å². The number of benzene rings is 1. The van der Waals surface area contributed by atoms with Crippen LogP contribution in [0.1, 0.15) is 5.82 Å². The summed E-state index contributed by atoms with van der Waals surface area (Å²) in [5.74, 6) is -1.10. The molecule has 2 rings (SSSR count). The first kappa shape index (κ1) is 15.4. The maximum atomic E-state index is 12.6. The van der Waals surface area contributed by atoms with E-state index in [0.29, 0.717) is 15.9 Å². The van der Waals surface area contributed by atoms with E-state index in [1.165, 1.54) is 13.2 Å². The van der Waals surface area contributed by atoms with Crippen molar-refractivity contribution in [1.82, 2.24) is 9.97 Å². The summed E-state index contributed by atoms with van der Waals surface area (Å²) in [4.78, 5) is 6.57. The maximum absolute atomic E-state index is 12.6. The number of halogens is 4. The topological polar surface area (TPSA) is 73.1 Å². The normalized spacial score (nSPS) is 11.3. The first-order chi connectivity index (χ1) is 9.77. The van der Waals surface area contributed by atoms with E-state index < -0.39 is 12.0 Å². The Balaban J connectivity index is 2.35. The fourth-order valence-corrected chi connectivity index (χ4v) is 2.03. The third-order valence-electron chi connectivity index (χ3n) is 2.38. The van der Waals surface area contributed by atoms with Crippen molar-refractivity contribution >= 4 is 33.3 Å². The van der Waals surface area contributed by atoms with E-state index in [4.69, 9.17) is 10.5 Å². The summed E-state index contributed by atoms with van der Waals surface area (Å²) in [5, 5.41) is 2.73. The van der Waals surface area contributed by atoms with Crippen molar-refractivity contribution in [2.75, 3.05) is 18.2 Å². The molecule has 1 aromatic heterocycles. The number of aromatic nitrogens is 2. The highest BCUT2D eigenvalue weighted by Crippen LogP contribution is 2.30. The van der Waals surface area contributed by atoms with Crippen LogP contribution in [0, 0.1) is 0 Å². The van der Waals surface area contributed by atoms with Gasteiger partial charge in [0.15, 0.2) is 0 Å². The van der Waals surface area contributed by atoms with Crippen LogP contribution in [-0.2, 0) is 6.18 Å². The molecule has 0 unspecified atom stereocenters. The molecular weight excluding hydrogens is 353 g/mol. The van der Waals surface area contributed by atoms with E-state index in [1.54, 1.807) is 18.2 Å². The number of nitrogens with two attached hydrogens (primary N) is 1. The first-order valence-electron chi connectivity index (χ1n) is 5.61. The SMILES string of the molecule is COc1cc(Br)cc(Nc2cc(N)nc(C(F)(F)F)n2)c1. The molecule has 0 aliphatic carbocycles. The molecule has 2 aromatic rings. The summed E-state index contributed by atoms with van der Waals surface area (Å²) in [6.07, 6.45) is -4.67. The smallest absolute Gasteiger partial charge is 0.451 e. The zero-order valence-corrected chi connectivity index (χ0v) is 12.3. The number of nitrogens with zero attached hydrogens (tertiary/aromatic N) is 2. The van der Waals surface area contributed by atoms with Crippen molar-refractivity contribution < 1.29 is 17.9 Å². The minimum Gasteiger partial charge on any atom is -0.497 e. The molecule has 1 aromatic carbocycles. The van der Waals surface area contributed by atoms with Crippen LogP contribution >= 0.6 is 15.9 Å². The number of hydrogen-bond acceptors (Lipinski definition) is 5. The van der Waals surface area contributed by atoms with Gasteiger partial charge in [-0.25, -0.2) is 9.97 Å². The molecule has 112 valence electrons. The van der Waals surface area contributed by atoms with Gasteiger partial charge in [0, 0.05) is 22.3 Å². The predicted molar refractivity (Wildman–Crippen MR) is 75.4 cm³/mol. The van der Waals surface area contributed by atoms with Crippen molar-refractivity contribution in [1.29, 1.82) is 0 Å². The highest BCUT2D eigenvalue weighted by Gasteiger charge is 2.35. The third-order valence-corrected chi connectivity index (χ3v) is 2.84. The molecule has 3 N–H and O–H groups in total. The Morgan fingerprint density at radius 3 is 2.52 bits per heavy atom. The Morgan fingerprint density at radius 1 is 1.19 bits per heavy atom. The molecule has 0 saturated heterocycles. The summed E-state index contributed by atoms with van der Waals surface area (Å²) in [6, 6.07) is 6.19. The summed E-state index contributed by atoms with van der Waals surface area (Å²) >= 11 is 3.27. The molecule has 0 aliphatic heterocycles. The lowest BCUT2D eigenvalue weighted by Gasteiger charge is -2.11. The number of methoxy groups -OCH3 is 1. The number of nitrogen functional groups attached to an aromatic ring is 1. The highest BCUT2D eigenvalue weighted by molar-refractivity contribution is 9.10. The van der Waals surface area contributed by atoms with Crippen LogP contribution in [0.4, 0.5) is 30.5 Å². The highest BCUT2D eigenvalue weighted by atomic mass is 79.9. The third kappa shape index (κ3) is 3.97. The van der Waals surface area contributed by atoms with Gasteiger partial charge in [-0.1, -0.05) is 15.9 Å². The van der Waals surface area contributed by atoms with Crippen LogP contribution in [0.15, 0.2) is 28.7 Å². The second-order valence-electron chi connectivity index (χ2n) is 4.00. The van der Waals surface area contributed by atoms with E-state index in [0.717, 1.165) is 0 Å². The van der Waals surface area contributed by atoms with E-state index in [1.807, 2.05) is 0 Å². The Kier molecular flexibility index (Phi) is 4.21. The first-order valence-corrected chi connectivity index (χ1v) is 6.40. The van der Waals surface area contributed by atoms with E-state index >= 15 is 0 Å². The molecule has 21 heavy (non-hydrogen) atoms. The van der Waals surface area contributed by atoms with Crippen LogP contribution < -0.4 is 15.8 Å². The van der Waals surface area contributed by atoms with Crippen LogP contribution in [0.2, 0.25) is 0 Å². The fraction of sp³-hybridized carbons (Fsp3) is 0.167. The molecule has 0 amide bonds. The van der Waals surface area contributed by atoms with Gasteiger partial charge in [-0.05, 0) is 12.1 Å². The van der Waals surface area contributed by atoms with E-state index in [9.17, 15) is 13.2 Å². The van der Waals surface area contributed by atoms with Crippen molar-refractivity contribution in [2.24, 2.45) is 0 Å². The molecule has 0 bridgehead atoms. The van der Waals surface area contributed by atoms with Gasteiger partial charge in [0.1, 0.15) is 17.4 Å². The molecular formula is C12H10BrF3N4O. The van der Waals surface area contributed by atoms with Gasteiger partial charge in [-0.2, -0.15) is 13.2 Å². The maximum Gasteiger partial charge on any atom is 0.451 e. The minimum absolute atomic E-state index is 0.0602. The number of hydrogen-bond donors (Lipinski definition) is 2. The van der Waals surface area contributed by atoms with Crippen LogP contribution in [0.3, 0.4) is 0 Å². The number of nitrogens with one attached hydrogen (secondary N) is 1. The molecule has 1 heterocycles. The lowest BCUT2D eigenvalue weighted by atomic mass is 10.3. The van der Waals surface area contributed by atoms with Gasteiger partial charge < -0.3 is 15.8 Å². The summed E-state index contributed by atoms with van der Waals surface area (Å²) in [6.45, 7) is 0. The Morgan fingerprint density at radius 2 is 1.90 bits per heavy atom. The molecule has 0 aliphatic rings. The van der Waals surface area contributed by atoms with Crippen molar-refractivity contribution in [2.45, 2.75) is 6.18 Å². The number of rotatable bonds is 3. The second kappa shape index (κ2) is 5.76. The standard InChI is InChI=1S/C12H10BrF3N4O/c1-21-8-3-6(13)2-7(4-8)18-10-5-9(17)19-11(20-10)12(14,15)16/h2-5H,1H3,(H3,17,18,19,20). The van der Waals surface area contributed by atoms with Gasteiger partial charge in [0.25, 0.3) is 0 Å². The van der Waals surface area contributed by atoms with Gasteiger partial charge >= 0.3 is 6.18 Å². The zero-order valence-electron chi connectivity index (χ0n) is 10.7. The van der Waals surface area contributed by atoms with Gasteiger partial charge in [0.2, 0.25) is 5.82 Å². The van der Waals surface area contributed by atoms with Crippen molar-refractivity contribution in [3.05, 3.63) is 34.6 Å². The average Bonchev–Trinajstić information content (AvgIpc) is 2.36. The fourth-order valence-electron chi connectivity index (χ4n) is 1.56. The molecule has 0 fully saturated rings. The Bertz CT molecular complexity index is 663.